The van der Waals surface area contributed by atoms with E-state index in [0.29, 0.717) is 6.04 Å². The second-order valence-electron chi connectivity index (χ2n) is 3.98. The van der Waals surface area contributed by atoms with Gasteiger partial charge >= 0.3 is 0 Å². The topological polar surface area (TPSA) is 12.0 Å². The van der Waals surface area contributed by atoms with Crippen molar-refractivity contribution >= 4 is 22.6 Å². The van der Waals surface area contributed by atoms with Gasteiger partial charge in [0.1, 0.15) is 0 Å². The third kappa shape index (κ3) is 2.95. The molecule has 0 saturated carbocycles. The van der Waals surface area contributed by atoms with Crippen molar-refractivity contribution in [1.29, 1.82) is 0 Å². The molecule has 1 saturated heterocycles. The van der Waals surface area contributed by atoms with Gasteiger partial charge in [0.05, 0.1) is 0 Å². The molecule has 1 aromatic carbocycles. The molecule has 0 amide bonds. The lowest BCUT2D eigenvalue weighted by Gasteiger charge is -2.23. The molecule has 1 N–H and O–H groups in total. The van der Waals surface area contributed by atoms with Gasteiger partial charge in [-0.2, -0.15) is 0 Å². The molecule has 1 heterocycles. The van der Waals surface area contributed by atoms with Crippen molar-refractivity contribution in [3.8, 4) is 0 Å². The molecule has 1 nitrogen and oxygen atoms in total. The molecule has 14 heavy (non-hydrogen) atoms. The molecule has 0 aromatic heterocycles. The predicted molar refractivity (Wildman–Crippen MR) is 68.5 cm³/mol. The molecule has 2 heteroatoms. The first-order valence-electron chi connectivity index (χ1n) is 5.32. The Morgan fingerprint density at radius 1 is 1.21 bits per heavy atom. The van der Waals surface area contributed by atoms with Gasteiger partial charge < -0.3 is 5.32 Å². The molecule has 2 rings (SSSR count). The van der Waals surface area contributed by atoms with Crippen molar-refractivity contribution in [2.75, 3.05) is 6.54 Å². The Bertz CT molecular complexity index is 275. The molecule has 0 bridgehead atoms. The van der Waals surface area contributed by atoms with Gasteiger partial charge in [-0.15, -0.1) is 0 Å². The van der Waals surface area contributed by atoms with E-state index in [2.05, 4.69) is 52.2 Å². The van der Waals surface area contributed by atoms with E-state index in [1.165, 1.54) is 41.4 Å². The molecule has 1 aliphatic rings. The summed E-state index contributed by atoms with van der Waals surface area (Å²) in [6, 6.07) is 9.59. The summed E-state index contributed by atoms with van der Waals surface area (Å²) in [6.45, 7) is 1.20. The second kappa shape index (κ2) is 5.12. The largest absolute Gasteiger partial charge is 0.314 e. The first-order valence-corrected chi connectivity index (χ1v) is 6.40. The van der Waals surface area contributed by atoms with Crippen molar-refractivity contribution < 1.29 is 0 Å². The highest BCUT2D eigenvalue weighted by Crippen LogP contribution is 2.14. The number of benzene rings is 1. The van der Waals surface area contributed by atoms with Crippen LogP contribution in [0.4, 0.5) is 0 Å². The van der Waals surface area contributed by atoms with Gasteiger partial charge in [-0.05, 0) is 66.1 Å². The van der Waals surface area contributed by atoms with E-state index >= 15 is 0 Å². The van der Waals surface area contributed by atoms with Crippen LogP contribution in [0.1, 0.15) is 24.8 Å². The minimum Gasteiger partial charge on any atom is -0.314 e. The Hall–Kier alpha value is -0.0900. The zero-order valence-electron chi connectivity index (χ0n) is 8.30. The number of nitrogens with one attached hydrogen (secondary N) is 1. The molecular formula is C12H16IN. The number of piperidine rings is 1. The zero-order chi connectivity index (χ0) is 9.80. The third-order valence-corrected chi connectivity index (χ3v) is 3.53. The summed E-state index contributed by atoms with van der Waals surface area (Å²) in [6.07, 6.45) is 5.27. The average molecular weight is 301 g/mol. The van der Waals surface area contributed by atoms with Crippen LogP contribution in [0.5, 0.6) is 0 Å². The number of hydrogen-bond acceptors (Lipinski definition) is 1. The molecule has 1 aromatic rings. The summed E-state index contributed by atoms with van der Waals surface area (Å²) in [5, 5.41) is 3.58. The van der Waals surface area contributed by atoms with E-state index in [4.69, 9.17) is 0 Å². The van der Waals surface area contributed by atoms with Gasteiger partial charge in [0, 0.05) is 9.61 Å². The van der Waals surface area contributed by atoms with Gasteiger partial charge in [0.15, 0.2) is 0 Å². The zero-order valence-corrected chi connectivity index (χ0v) is 10.5. The molecule has 1 atom stereocenters. The summed E-state index contributed by atoms with van der Waals surface area (Å²) in [5.74, 6) is 0. The van der Waals surface area contributed by atoms with E-state index in [9.17, 15) is 0 Å². The Balaban J connectivity index is 1.92. The summed E-state index contributed by atoms with van der Waals surface area (Å²) in [5.41, 5.74) is 1.46. The van der Waals surface area contributed by atoms with Crippen LogP contribution in [0.3, 0.4) is 0 Å². The monoisotopic (exact) mass is 301 g/mol. The third-order valence-electron chi connectivity index (χ3n) is 2.81. The average Bonchev–Trinajstić information content (AvgIpc) is 2.23. The van der Waals surface area contributed by atoms with Crippen LogP contribution < -0.4 is 5.32 Å². The molecule has 0 aliphatic carbocycles. The Kier molecular flexibility index (Phi) is 3.81. The van der Waals surface area contributed by atoms with Crippen LogP contribution in [0.15, 0.2) is 24.3 Å². The molecule has 0 radical (unpaired) electrons. The van der Waals surface area contributed by atoms with E-state index in [-0.39, 0.29) is 0 Å². The number of hydrogen-bond donors (Lipinski definition) is 1. The first kappa shape index (κ1) is 10.4. The van der Waals surface area contributed by atoms with Crippen LogP contribution in [-0.2, 0) is 6.42 Å². The minimum absolute atomic E-state index is 0.712. The normalized spacial score (nSPS) is 22.2. The van der Waals surface area contributed by atoms with Crippen LogP contribution in [0, 0.1) is 3.57 Å². The fourth-order valence-corrected chi connectivity index (χ4v) is 2.36. The Morgan fingerprint density at radius 2 is 2.00 bits per heavy atom. The van der Waals surface area contributed by atoms with Gasteiger partial charge in [0.25, 0.3) is 0 Å². The lowest BCUT2D eigenvalue weighted by molar-refractivity contribution is 0.399. The van der Waals surface area contributed by atoms with E-state index in [1.54, 1.807) is 0 Å². The summed E-state index contributed by atoms with van der Waals surface area (Å²) in [4.78, 5) is 0. The maximum absolute atomic E-state index is 3.58. The van der Waals surface area contributed by atoms with Crippen LogP contribution >= 0.6 is 22.6 Å². The smallest absolute Gasteiger partial charge is 0.0130 e. The highest BCUT2D eigenvalue weighted by molar-refractivity contribution is 14.1. The minimum atomic E-state index is 0.712. The molecule has 1 aliphatic heterocycles. The Labute approximate surface area is 99.4 Å². The van der Waals surface area contributed by atoms with Crippen LogP contribution in [-0.4, -0.2) is 12.6 Å². The highest BCUT2D eigenvalue weighted by Gasteiger charge is 2.12. The van der Waals surface area contributed by atoms with Crippen molar-refractivity contribution in [1.82, 2.24) is 5.32 Å². The first-order chi connectivity index (χ1) is 6.84. The van der Waals surface area contributed by atoms with E-state index in [1.807, 2.05) is 0 Å². The number of halogens is 1. The van der Waals surface area contributed by atoms with Gasteiger partial charge in [-0.25, -0.2) is 0 Å². The molecule has 0 spiro atoms. The fourth-order valence-electron chi connectivity index (χ4n) is 2.00. The SMILES string of the molecule is Ic1ccc(CC2CCCCN2)cc1. The maximum atomic E-state index is 3.58. The lowest BCUT2D eigenvalue weighted by atomic mass is 9.98. The lowest BCUT2D eigenvalue weighted by Crippen LogP contribution is -2.35. The van der Waals surface area contributed by atoms with E-state index in [0.717, 1.165) is 0 Å². The maximum Gasteiger partial charge on any atom is 0.0130 e. The van der Waals surface area contributed by atoms with E-state index < -0.39 is 0 Å². The molecule has 76 valence electrons. The van der Waals surface area contributed by atoms with Gasteiger partial charge in [0.2, 0.25) is 0 Å². The second-order valence-corrected chi connectivity index (χ2v) is 5.22. The summed E-state index contributed by atoms with van der Waals surface area (Å²) >= 11 is 2.35. The predicted octanol–water partition coefficient (Wildman–Crippen LogP) is 2.98. The molecular weight excluding hydrogens is 285 g/mol. The van der Waals surface area contributed by atoms with Gasteiger partial charge in [-0.3, -0.25) is 0 Å². The van der Waals surface area contributed by atoms with Crippen molar-refractivity contribution in [3.63, 3.8) is 0 Å². The van der Waals surface area contributed by atoms with Crippen molar-refractivity contribution in [2.45, 2.75) is 31.7 Å². The van der Waals surface area contributed by atoms with Crippen LogP contribution in [0.25, 0.3) is 0 Å². The summed E-state index contributed by atoms with van der Waals surface area (Å²) in [7, 11) is 0. The number of rotatable bonds is 2. The van der Waals surface area contributed by atoms with Crippen LogP contribution in [0.2, 0.25) is 0 Å². The molecule has 1 fully saturated rings. The molecule has 1 unspecified atom stereocenters. The standard InChI is InChI=1S/C12H16IN/c13-11-6-4-10(5-7-11)9-12-3-1-2-8-14-12/h4-7,12,14H,1-3,8-9H2. The highest BCUT2D eigenvalue weighted by atomic mass is 127. The van der Waals surface area contributed by atoms with Crippen molar-refractivity contribution in [3.05, 3.63) is 33.4 Å². The van der Waals surface area contributed by atoms with Gasteiger partial charge in [-0.1, -0.05) is 18.6 Å². The van der Waals surface area contributed by atoms with Crippen molar-refractivity contribution in [2.24, 2.45) is 0 Å². The quantitative estimate of drug-likeness (QED) is 0.828. The summed E-state index contributed by atoms with van der Waals surface area (Å²) < 4.78 is 1.32. The Morgan fingerprint density at radius 3 is 2.64 bits per heavy atom. The fraction of sp³-hybridized carbons (Fsp3) is 0.500.